The lowest BCUT2D eigenvalue weighted by Gasteiger charge is -2.16. The number of halogens is 3. The van der Waals surface area contributed by atoms with E-state index in [1.165, 1.54) is 11.0 Å². The SMILES string of the molecule is CN(C)C(=O)[C@@H](N)Cc1ccc(Oc2ccc(Nc3ccc(C(F)(F)F)cn3)cc2)cc1. The second-order valence-corrected chi connectivity index (χ2v) is 7.37. The number of benzene rings is 2. The van der Waals surface area contributed by atoms with Crippen molar-refractivity contribution < 1.29 is 22.7 Å². The predicted molar refractivity (Wildman–Crippen MR) is 116 cm³/mol. The van der Waals surface area contributed by atoms with Crippen molar-refractivity contribution in [1.29, 1.82) is 0 Å². The van der Waals surface area contributed by atoms with Gasteiger partial charge < -0.3 is 20.7 Å². The summed E-state index contributed by atoms with van der Waals surface area (Å²) in [4.78, 5) is 17.1. The number of likely N-dealkylation sites (N-methyl/N-ethyl adjacent to an activating group) is 1. The summed E-state index contributed by atoms with van der Waals surface area (Å²) in [5.74, 6) is 1.37. The Hall–Kier alpha value is -3.59. The first-order valence-corrected chi connectivity index (χ1v) is 9.76. The van der Waals surface area contributed by atoms with Gasteiger partial charge in [-0.15, -0.1) is 0 Å². The molecule has 1 heterocycles. The van der Waals surface area contributed by atoms with E-state index in [-0.39, 0.29) is 5.91 Å². The van der Waals surface area contributed by atoms with Gasteiger partial charge in [-0.05, 0) is 60.5 Å². The Balaban J connectivity index is 1.57. The van der Waals surface area contributed by atoms with Crippen LogP contribution in [0.4, 0.5) is 24.7 Å². The van der Waals surface area contributed by atoms with Crippen LogP contribution in [0.1, 0.15) is 11.1 Å². The Morgan fingerprint density at radius 3 is 2.12 bits per heavy atom. The maximum Gasteiger partial charge on any atom is 0.417 e. The smallest absolute Gasteiger partial charge is 0.417 e. The number of ether oxygens (including phenoxy) is 1. The number of carbonyl (C=O) groups excluding carboxylic acids is 1. The van der Waals surface area contributed by atoms with Gasteiger partial charge >= 0.3 is 6.18 Å². The van der Waals surface area contributed by atoms with E-state index in [1.54, 1.807) is 50.5 Å². The lowest BCUT2D eigenvalue weighted by Crippen LogP contribution is -2.41. The summed E-state index contributed by atoms with van der Waals surface area (Å²) in [5, 5.41) is 2.94. The zero-order valence-electron chi connectivity index (χ0n) is 17.6. The van der Waals surface area contributed by atoms with Gasteiger partial charge in [0.05, 0.1) is 11.6 Å². The molecule has 32 heavy (non-hydrogen) atoms. The van der Waals surface area contributed by atoms with E-state index in [2.05, 4.69) is 10.3 Å². The molecule has 0 saturated heterocycles. The van der Waals surface area contributed by atoms with Crippen LogP contribution in [0.3, 0.4) is 0 Å². The Kier molecular flexibility index (Phi) is 6.99. The molecule has 3 aromatic rings. The van der Waals surface area contributed by atoms with Crippen molar-refractivity contribution in [3.05, 3.63) is 78.0 Å². The number of rotatable bonds is 7. The van der Waals surface area contributed by atoms with E-state index < -0.39 is 17.8 Å². The molecule has 0 aliphatic rings. The molecule has 3 rings (SSSR count). The monoisotopic (exact) mass is 444 g/mol. The molecule has 1 amide bonds. The Labute approximate surface area is 183 Å². The number of alkyl halides is 3. The van der Waals surface area contributed by atoms with E-state index in [4.69, 9.17) is 10.5 Å². The highest BCUT2D eigenvalue weighted by atomic mass is 19.4. The molecule has 1 atom stereocenters. The molecule has 0 unspecified atom stereocenters. The molecular weight excluding hydrogens is 421 g/mol. The van der Waals surface area contributed by atoms with Gasteiger partial charge in [-0.3, -0.25) is 4.79 Å². The molecule has 2 aromatic carbocycles. The van der Waals surface area contributed by atoms with Crippen LogP contribution in [0.2, 0.25) is 0 Å². The van der Waals surface area contributed by atoms with Crippen LogP contribution in [0.15, 0.2) is 66.9 Å². The number of aromatic nitrogens is 1. The van der Waals surface area contributed by atoms with E-state index >= 15 is 0 Å². The molecule has 3 N–H and O–H groups in total. The summed E-state index contributed by atoms with van der Waals surface area (Å²) in [5.41, 5.74) is 6.70. The molecule has 9 heteroatoms. The third kappa shape index (κ3) is 6.21. The highest BCUT2D eigenvalue weighted by Gasteiger charge is 2.30. The van der Waals surface area contributed by atoms with Gasteiger partial charge in [0.1, 0.15) is 17.3 Å². The van der Waals surface area contributed by atoms with E-state index in [0.717, 1.165) is 17.8 Å². The number of nitrogens with zero attached hydrogens (tertiary/aromatic N) is 2. The Morgan fingerprint density at radius 2 is 1.62 bits per heavy atom. The summed E-state index contributed by atoms with van der Waals surface area (Å²) in [6.45, 7) is 0. The predicted octanol–water partition coefficient (Wildman–Crippen LogP) is 4.59. The fourth-order valence-electron chi connectivity index (χ4n) is 2.89. The third-order valence-electron chi connectivity index (χ3n) is 4.59. The van der Waals surface area contributed by atoms with Crippen LogP contribution in [0, 0.1) is 0 Å². The minimum absolute atomic E-state index is 0.134. The van der Waals surface area contributed by atoms with E-state index in [0.29, 0.717) is 29.4 Å². The second-order valence-electron chi connectivity index (χ2n) is 7.37. The fraction of sp³-hybridized carbons (Fsp3) is 0.217. The number of nitrogens with one attached hydrogen (secondary N) is 1. The topological polar surface area (TPSA) is 80.5 Å². The average Bonchev–Trinajstić information content (AvgIpc) is 2.75. The molecule has 0 aliphatic heterocycles. The van der Waals surface area contributed by atoms with E-state index in [9.17, 15) is 18.0 Å². The van der Waals surface area contributed by atoms with Crippen LogP contribution < -0.4 is 15.8 Å². The van der Waals surface area contributed by atoms with Crippen molar-refractivity contribution in [3.63, 3.8) is 0 Å². The Bertz CT molecular complexity index is 1030. The van der Waals surface area contributed by atoms with Gasteiger partial charge in [0, 0.05) is 26.0 Å². The number of anilines is 2. The minimum Gasteiger partial charge on any atom is -0.457 e. The largest absolute Gasteiger partial charge is 0.457 e. The van der Waals surface area contributed by atoms with Gasteiger partial charge in [0.25, 0.3) is 0 Å². The van der Waals surface area contributed by atoms with Crippen LogP contribution in [-0.4, -0.2) is 35.9 Å². The molecule has 168 valence electrons. The number of pyridine rings is 1. The second kappa shape index (κ2) is 9.69. The normalized spacial score (nSPS) is 12.2. The molecule has 1 aromatic heterocycles. The quantitative estimate of drug-likeness (QED) is 0.557. The molecule has 0 aliphatic carbocycles. The van der Waals surface area contributed by atoms with Gasteiger partial charge in [0.15, 0.2) is 0 Å². The standard InChI is InChI=1S/C23H23F3N4O2/c1-30(2)22(31)20(27)13-15-3-8-18(9-4-15)32-19-10-6-17(7-11-19)29-21-12-5-16(14-28-21)23(24,25)26/h3-12,14,20H,13,27H2,1-2H3,(H,28,29)/t20-/m0/s1. The highest BCUT2D eigenvalue weighted by Crippen LogP contribution is 2.29. The molecule has 0 fully saturated rings. The van der Waals surface area contributed by atoms with Gasteiger partial charge in [-0.1, -0.05) is 12.1 Å². The van der Waals surface area contributed by atoms with E-state index in [1.807, 2.05) is 12.1 Å². The fourth-order valence-corrected chi connectivity index (χ4v) is 2.89. The number of carbonyl (C=O) groups is 1. The van der Waals surface area contributed by atoms with Gasteiger partial charge in [-0.25, -0.2) is 4.98 Å². The number of hydrogen-bond donors (Lipinski definition) is 2. The minimum atomic E-state index is -4.42. The first-order chi connectivity index (χ1) is 15.1. The van der Waals surface area contributed by atoms with Crippen molar-refractivity contribution in [2.45, 2.75) is 18.6 Å². The van der Waals surface area contributed by atoms with Crippen molar-refractivity contribution in [2.24, 2.45) is 5.73 Å². The van der Waals surface area contributed by atoms with Crippen LogP contribution in [-0.2, 0) is 17.4 Å². The summed E-state index contributed by atoms with van der Waals surface area (Å²) < 4.78 is 43.6. The highest BCUT2D eigenvalue weighted by molar-refractivity contribution is 5.81. The van der Waals surface area contributed by atoms with Crippen molar-refractivity contribution in [1.82, 2.24) is 9.88 Å². The molecule has 0 saturated carbocycles. The zero-order chi connectivity index (χ0) is 23.3. The van der Waals surface area contributed by atoms with Crippen molar-refractivity contribution in [2.75, 3.05) is 19.4 Å². The Morgan fingerprint density at radius 1 is 1.03 bits per heavy atom. The number of nitrogens with two attached hydrogens (primary N) is 1. The first-order valence-electron chi connectivity index (χ1n) is 9.76. The van der Waals surface area contributed by atoms with Crippen molar-refractivity contribution in [3.8, 4) is 11.5 Å². The molecular formula is C23H23F3N4O2. The third-order valence-corrected chi connectivity index (χ3v) is 4.59. The summed E-state index contributed by atoms with van der Waals surface area (Å²) in [6.07, 6.45) is -3.21. The summed E-state index contributed by atoms with van der Waals surface area (Å²) >= 11 is 0. The zero-order valence-corrected chi connectivity index (χ0v) is 17.6. The molecule has 0 radical (unpaired) electrons. The summed E-state index contributed by atoms with van der Waals surface area (Å²) in [7, 11) is 3.33. The van der Waals surface area contributed by atoms with Crippen LogP contribution in [0.5, 0.6) is 11.5 Å². The van der Waals surface area contributed by atoms with Gasteiger partial charge in [-0.2, -0.15) is 13.2 Å². The molecule has 0 bridgehead atoms. The number of amides is 1. The lowest BCUT2D eigenvalue weighted by atomic mass is 10.1. The lowest BCUT2D eigenvalue weighted by molar-refractivity contribution is -0.137. The maximum absolute atomic E-state index is 12.6. The average molecular weight is 444 g/mol. The number of hydrogen-bond acceptors (Lipinski definition) is 5. The summed E-state index contributed by atoms with van der Waals surface area (Å²) in [6, 6.07) is 15.8. The van der Waals surface area contributed by atoms with Crippen LogP contribution in [0.25, 0.3) is 0 Å². The van der Waals surface area contributed by atoms with Crippen molar-refractivity contribution >= 4 is 17.4 Å². The molecule has 6 nitrogen and oxygen atoms in total. The van der Waals surface area contributed by atoms with Crippen LogP contribution >= 0.6 is 0 Å². The maximum atomic E-state index is 12.6. The first kappa shape index (κ1) is 23.1. The van der Waals surface area contributed by atoms with Gasteiger partial charge in [0.2, 0.25) is 5.91 Å². The molecule has 0 spiro atoms.